The van der Waals surface area contributed by atoms with Crippen molar-refractivity contribution in [2.45, 2.75) is 227 Å². The van der Waals surface area contributed by atoms with Crippen LogP contribution in [0.4, 0.5) is 0 Å². The Kier molecular flexibility index (Phi) is 40.3. The number of hydrogen-bond donors (Lipinski definition) is 0. The topological polar surface area (TPSA) is 123 Å². The third kappa shape index (κ3) is 36.8. The predicted octanol–water partition coefficient (Wildman–Crippen LogP) is 13.0. The first-order valence-corrected chi connectivity index (χ1v) is 26.6. The molecule has 1 saturated carbocycles. The molecular weight excluding hydrogens is 811 g/mol. The molecule has 0 bridgehead atoms. The number of rotatable bonds is 48. The second-order valence-electron chi connectivity index (χ2n) is 18.4. The maximum Gasteiger partial charge on any atom is 0.712 e. The minimum atomic E-state index is -0.477. The molecule has 3 atom stereocenters. The van der Waals surface area contributed by atoms with Crippen molar-refractivity contribution in [1.82, 2.24) is 4.90 Å². The number of allylic oxidation sites excluding steroid dienone is 1. The lowest BCUT2D eigenvalue weighted by Gasteiger charge is -2.20. The number of esters is 2. The summed E-state index contributed by atoms with van der Waals surface area (Å²) in [5, 5.41) is 0. The number of nitrogens with zero attached hydrogens (tertiary/aromatic N) is 1. The lowest BCUT2D eigenvalue weighted by Crippen LogP contribution is -2.27. The van der Waals surface area contributed by atoms with Gasteiger partial charge >= 0.3 is 18.1 Å². The van der Waals surface area contributed by atoms with Gasteiger partial charge in [0.2, 0.25) is 0 Å². The van der Waals surface area contributed by atoms with E-state index >= 15 is 0 Å². The van der Waals surface area contributed by atoms with Gasteiger partial charge in [-0.15, -0.1) is 0 Å². The summed E-state index contributed by atoms with van der Waals surface area (Å²) in [6.45, 7) is 20.6. The maximum atomic E-state index is 13.0. The molecule has 64 heavy (non-hydrogen) atoms. The molecule has 1 N–H and O–H groups in total. The van der Waals surface area contributed by atoms with Crippen molar-refractivity contribution in [3.05, 3.63) is 12.3 Å². The molecule has 1 aliphatic carbocycles. The monoisotopic (exact) mass is 911 g/mol. The number of unbranched alkanes of at least 4 members (excludes halogenated alkanes) is 18. The summed E-state index contributed by atoms with van der Waals surface area (Å²) in [4.78, 5) is 37.6. The van der Waals surface area contributed by atoms with E-state index in [9.17, 15) is 14.4 Å². The van der Waals surface area contributed by atoms with Gasteiger partial charge in [-0.25, -0.2) is 0 Å². The average Bonchev–Trinajstić information content (AvgIpc) is 4.04. The van der Waals surface area contributed by atoms with E-state index in [4.69, 9.17) is 33.2 Å². The molecule has 1 fully saturated rings. The molecule has 11 heteroatoms. The number of carbonyl (C=O) groups excluding carboxylic acids is 3. The van der Waals surface area contributed by atoms with Gasteiger partial charge in [0.1, 0.15) is 6.61 Å². The van der Waals surface area contributed by atoms with Crippen LogP contribution >= 0.6 is 0 Å². The molecule has 1 rings (SSSR count). The van der Waals surface area contributed by atoms with E-state index in [0.717, 1.165) is 96.7 Å². The first-order valence-electron chi connectivity index (χ1n) is 26.6. The van der Waals surface area contributed by atoms with Crippen LogP contribution in [0.3, 0.4) is 0 Å². The van der Waals surface area contributed by atoms with Crippen LogP contribution in [0.2, 0.25) is 0 Å². The van der Waals surface area contributed by atoms with Crippen LogP contribution in [-0.2, 0) is 42.7 Å². The molecule has 1 aliphatic rings. The molecule has 3 unspecified atom stereocenters. The van der Waals surface area contributed by atoms with Gasteiger partial charge in [0.15, 0.2) is 19.5 Å². The summed E-state index contributed by atoms with van der Waals surface area (Å²) in [5.41, 5.74) is 0. The van der Waals surface area contributed by atoms with Crippen molar-refractivity contribution < 1.29 is 47.5 Å². The van der Waals surface area contributed by atoms with Gasteiger partial charge in [0, 0.05) is 51.9 Å². The fourth-order valence-corrected chi connectivity index (χ4v) is 7.93. The van der Waals surface area contributed by atoms with Gasteiger partial charge in [-0.2, -0.15) is 0 Å². The molecule has 376 valence electrons. The average molecular weight is 911 g/mol. The summed E-state index contributed by atoms with van der Waals surface area (Å²) in [6.07, 6.45) is 30.0. The van der Waals surface area contributed by atoms with Crippen molar-refractivity contribution >= 4 is 18.1 Å². The Balaban J connectivity index is 2.52. The van der Waals surface area contributed by atoms with Gasteiger partial charge in [-0.1, -0.05) is 163 Å². The van der Waals surface area contributed by atoms with Crippen molar-refractivity contribution in [3.8, 4) is 0 Å². The summed E-state index contributed by atoms with van der Waals surface area (Å²) in [6, 6.07) is 0. The maximum absolute atomic E-state index is 13.0. The summed E-state index contributed by atoms with van der Waals surface area (Å²) in [5.74, 6) is 0.952. The Morgan fingerprint density at radius 3 is 1.67 bits per heavy atom. The third-order valence-electron chi connectivity index (χ3n) is 12.4. The van der Waals surface area contributed by atoms with Crippen LogP contribution in [0.25, 0.3) is 0 Å². The first kappa shape index (κ1) is 59.6. The Hall–Kier alpha value is -2.37. The SMILES string of the molecule is C=C(CCC(OCCCCCCCC)OCCCCCCCC)OCC(COC(=O)CC1CC1CCCCCCCC(=O)OCCCCCCC)COC(=[OH+])OCCCN(CC)CC. The van der Waals surface area contributed by atoms with E-state index in [1.54, 1.807) is 0 Å². The molecule has 0 spiro atoms. The van der Waals surface area contributed by atoms with E-state index in [1.807, 2.05) is 0 Å². The Morgan fingerprint density at radius 2 is 1.06 bits per heavy atom. The minimum absolute atomic E-state index is 0.0599. The van der Waals surface area contributed by atoms with Crippen LogP contribution in [0.1, 0.15) is 221 Å². The highest BCUT2D eigenvalue weighted by Gasteiger charge is 2.38. The largest absolute Gasteiger partial charge is 0.712 e. The second-order valence-corrected chi connectivity index (χ2v) is 18.4. The van der Waals surface area contributed by atoms with Crippen molar-refractivity contribution in [3.63, 3.8) is 0 Å². The Morgan fingerprint density at radius 1 is 0.547 bits per heavy atom. The molecule has 0 saturated heterocycles. The molecule has 0 aromatic carbocycles. The molecular formula is C53H100NO10+. The molecule has 11 nitrogen and oxygen atoms in total. The fourth-order valence-electron chi connectivity index (χ4n) is 7.93. The predicted molar refractivity (Wildman–Crippen MR) is 261 cm³/mol. The van der Waals surface area contributed by atoms with Gasteiger partial charge in [-0.3, -0.25) is 9.59 Å². The highest BCUT2D eigenvalue weighted by atomic mass is 16.7. The molecule has 0 amide bonds. The molecule has 0 radical (unpaired) electrons. The summed E-state index contributed by atoms with van der Waals surface area (Å²) in [7, 11) is 0. The lowest BCUT2D eigenvalue weighted by molar-refractivity contribution is -0.149. The molecule has 0 aliphatic heterocycles. The van der Waals surface area contributed by atoms with E-state index < -0.39 is 6.16 Å². The van der Waals surface area contributed by atoms with Gasteiger partial charge in [-0.05, 0) is 57.0 Å². The normalized spacial score (nSPS) is 15.0. The Labute approximate surface area is 392 Å². The Bertz CT molecular complexity index is 1100. The highest BCUT2D eigenvalue weighted by molar-refractivity contribution is 5.70. The van der Waals surface area contributed by atoms with Crippen molar-refractivity contribution in [1.29, 1.82) is 0 Å². The molecule has 0 aromatic heterocycles. The van der Waals surface area contributed by atoms with Crippen LogP contribution < -0.4 is 0 Å². The van der Waals surface area contributed by atoms with Crippen LogP contribution in [0.5, 0.6) is 0 Å². The third-order valence-corrected chi connectivity index (χ3v) is 12.4. The zero-order valence-corrected chi connectivity index (χ0v) is 42.2. The zero-order valence-electron chi connectivity index (χ0n) is 42.2. The summed E-state index contributed by atoms with van der Waals surface area (Å²) < 4.78 is 40.8. The smallest absolute Gasteiger partial charge is 0.498 e. The number of hydrogen-bond acceptors (Lipinski definition) is 10. The highest BCUT2D eigenvalue weighted by Crippen LogP contribution is 2.45. The van der Waals surface area contributed by atoms with Crippen molar-refractivity contribution in [2.24, 2.45) is 17.8 Å². The van der Waals surface area contributed by atoms with E-state index in [1.165, 1.54) is 83.5 Å². The van der Waals surface area contributed by atoms with Gasteiger partial charge < -0.3 is 42.9 Å². The molecule has 0 aromatic rings. The van der Waals surface area contributed by atoms with Crippen LogP contribution in [0.15, 0.2) is 12.3 Å². The van der Waals surface area contributed by atoms with E-state index in [-0.39, 0.29) is 44.0 Å². The lowest BCUT2D eigenvalue weighted by atomic mass is 10.1. The number of ether oxygens (including phenoxy) is 7. The quantitative estimate of drug-likeness (QED) is 0.0146. The van der Waals surface area contributed by atoms with Crippen LogP contribution in [-0.4, -0.2) is 100.0 Å². The minimum Gasteiger partial charge on any atom is -0.498 e. The van der Waals surface area contributed by atoms with Gasteiger partial charge in [0.25, 0.3) is 0 Å². The van der Waals surface area contributed by atoms with Crippen LogP contribution in [0, 0.1) is 17.8 Å². The fraction of sp³-hybridized carbons (Fsp3) is 0.906. The summed E-state index contributed by atoms with van der Waals surface area (Å²) >= 11 is 0. The second kappa shape index (κ2) is 43.2. The standard InChI is InChI=1S/C53H99NO10/c1-7-12-15-18-24-29-38-59-52(60-39-30-25-19-16-13-8-2)35-34-46(6)62-43-47(45-64-53(57)61-40-31-36-54(10-4)11-5)44-63-51(56)42-49-41-48(49)32-26-21-20-22-27-33-50(55)58-37-28-23-17-14-9-3/h47-49,52H,6-45H2,1-5H3/p+1. The van der Waals surface area contributed by atoms with Gasteiger partial charge in [0.05, 0.1) is 24.9 Å². The van der Waals surface area contributed by atoms with E-state index in [2.05, 4.69) is 46.1 Å². The molecule has 0 heterocycles. The first-order chi connectivity index (χ1) is 31.3. The number of carbonyl (C=O) groups is 2. The van der Waals surface area contributed by atoms with E-state index in [0.29, 0.717) is 69.7 Å². The zero-order chi connectivity index (χ0) is 46.7. The van der Waals surface area contributed by atoms with Crippen molar-refractivity contribution in [2.75, 3.05) is 65.9 Å².